The highest BCUT2D eigenvalue weighted by Gasteiger charge is 2.18. The Bertz CT molecular complexity index is 621. The van der Waals surface area contributed by atoms with Crippen LogP contribution in [0.25, 0.3) is 10.1 Å². The predicted molar refractivity (Wildman–Crippen MR) is 66.7 cm³/mol. The first-order valence-corrected chi connectivity index (χ1v) is 6.06. The zero-order chi connectivity index (χ0) is 13.1. The van der Waals surface area contributed by atoms with Crippen molar-refractivity contribution in [3.05, 3.63) is 35.0 Å². The van der Waals surface area contributed by atoms with Crippen molar-refractivity contribution in [3.8, 4) is 0 Å². The third-order valence-electron chi connectivity index (χ3n) is 2.28. The molecular formula is C12H10FNO3S. The number of esters is 1. The topological polar surface area (TPSA) is 58.9 Å². The molecule has 18 heavy (non-hydrogen) atoms. The molecule has 4 nitrogen and oxygen atoms in total. The summed E-state index contributed by atoms with van der Waals surface area (Å²) >= 11 is 1.17. The molecule has 0 saturated heterocycles. The Morgan fingerprint density at radius 1 is 1.50 bits per heavy atom. The van der Waals surface area contributed by atoms with Crippen molar-refractivity contribution in [2.75, 3.05) is 6.61 Å². The highest BCUT2D eigenvalue weighted by molar-refractivity contribution is 7.21. The van der Waals surface area contributed by atoms with Gasteiger partial charge >= 0.3 is 5.97 Å². The third-order valence-corrected chi connectivity index (χ3v) is 3.39. The van der Waals surface area contributed by atoms with Gasteiger partial charge < -0.3 is 9.94 Å². The fraction of sp³-hybridized carbons (Fsp3) is 0.167. The first-order chi connectivity index (χ1) is 8.65. The van der Waals surface area contributed by atoms with Crippen LogP contribution >= 0.6 is 11.3 Å². The van der Waals surface area contributed by atoms with E-state index in [1.54, 1.807) is 19.1 Å². The minimum absolute atomic E-state index is 0.168. The second kappa shape index (κ2) is 5.14. The molecule has 0 unspecified atom stereocenters. The van der Waals surface area contributed by atoms with E-state index in [-0.39, 0.29) is 18.1 Å². The van der Waals surface area contributed by atoms with Gasteiger partial charge in [-0.1, -0.05) is 11.2 Å². The average molecular weight is 267 g/mol. The van der Waals surface area contributed by atoms with Crippen LogP contribution in [-0.2, 0) is 9.53 Å². The zero-order valence-electron chi connectivity index (χ0n) is 9.51. The Morgan fingerprint density at radius 3 is 2.94 bits per heavy atom. The van der Waals surface area contributed by atoms with Gasteiger partial charge in [0.25, 0.3) is 0 Å². The molecule has 0 atom stereocenters. The van der Waals surface area contributed by atoms with Gasteiger partial charge in [-0.2, -0.15) is 0 Å². The van der Waals surface area contributed by atoms with Crippen LogP contribution in [0.4, 0.5) is 4.39 Å². The van der Waals surface area contributed by atoms with Crippen LogP contribution in [0, 0.1) is 5.82 Å². The number of fused-ring (bicyclic) bond motifs is 1. The van der Waals surface area contributed by atoms with Crippen molar-refractivity contribution in [1.29, 1.82) is 0 Å². The largest absolute Gasteiger partial charge is 0.461 e. The number of oxime groups is 1. The summed E-state index contributed by atoms with van der Waals surface area (Å²) in [7, 11) is 0. The smallest absolute Gasteiger partial charge is 0.361 e. The molecule has 1 aromatic heterocycles. The number of halogens is 1. The number of benzene rings is 1. The van der Waals surface area contributed by atoms with Gasteiger partial charge in [0.15, 0.2) is 0 Å². The number of carbonyl (C=O) groups excluding carboxylic acids is 1. The number of carbonyl (C=O) groups is 1. The van der Waals surface area contributed by atoms with Crippen LogP contribution < -0.4 is 0 Å². The molecule has 94 valence electrons. The lowest BCUT2D eigenvalue weighted by molar-refractivity contribution is -0.135. The minimum Gasteiger partial charge on any atom is -0.461 e. The van der Waals surface area contributed by atoms with Gasteiger partial charge in [0.1, 0.15) is 5.82 Å². The summed E-state index contributed by atoms with van der Waals surface area (Å²) in [5, 5.41) is 12.6. The lowest BCUT2D eigenvalue weighted by atomic mass is 10.2. The Morgan fingerprint density at radius 2 is 2.28 bits per heavy atom. The molecule has 1 heterocycles. The maximum absolute atomic E-state index is 13.0. The van der Waals surface area contributed by atoms with Gasteiger partial charge in [-0.05, 0) is 30.5 Å². The maximum atomic E-state index is 13.0. The van der Waals surface area contributed by atoms with Crippen molar-refractivity contribution < 1.29 is 19.1 Å². The Kier molecular flexibility index (Phi) is 3.57. The van der Waals surface area contributed by atoms with E-state index < -0.39 is 5.97 Å². The van der Waals surface area contributed by atoms with Gasteiger partial charge in [-0.25, -0.2) is 9.18 Å². The van der Waals surface area contributed by atoms with E-state index in [0.29, 0.717) is 9.58 Å². The molecule has 0 saturated carbocycles. The van der Waals surface area contributed by atoms with E-state index in [9.17, 15) is 9.18 Å². The molecule has 1 aromatic carbocycles. The molecule has 1 N–H and O–H groups in total. The number of nitrogens with zero attached hydrogens (tertiary/aromatic N) is 1. The van der Waals surface area contributed by atoms with Gasteiger partial charge in [-0.3, -0.25) is 0 Å². The molecule has 0 radical (unpaired) electrons. The molecule has 0 amide bonds. The second-order valence-corrected chi connectivity index (χ2v) is 4.55. The average Bonchev–Trinajstić information content (AvgIpc) is 2.72. The highest BCUT2D eigenvalue weighted by Crippen LogP contribution is 2.27. The monoisotopic (exact) mass is 267 g/mol. The molecule has 0 aliphatic heterocycles. The van der Waals surface area contributed by atoms with Crippen molar-refractivity contribution in [3.63, 3.8) is 0 Å². The SMILES string of the molecule is CCOC(=O)/C(=N/O)c1cc2ccc(F)cc2s1. The summed E-state index contributed by atoms with van der Waals surface area (Å²) in [4.78, 5) is 12.0. The Hall–Kier alpha value is -1.95. The van der Waals surface area contributed by atoms with Crippen LogP contribution in [-0.4, -0.2) is 23.5 Å². The molecule has 0 fully saturated rings. The van der Waals surface area contributed by atoms with Crippen LogP contribution in [0.5, 0.6) is 0 Å². The second-order valence-electron chi connectivity index (χ2n) is 3.46. The standard InChI is InChI=1S/C12H10FNO3S/c1-2-17-12(15)11(14-16)10-5-7-3-4-8(13)6-9(7)18-10/h3-6,16H,2H2,1H3/b14-11+. The zero-order valence-corrected chi connectivity index (χ0v) is 10.3. The van der Waals surface area contributed by atoms with E-state index >= 15 is 0 Å². The van der Waals surface area contributed by atoms with Gasteiger partial charge in [-0.15, -0.1) is 11.3 Å². The Labute approximate surface area is 106 Å². The first-order valence-electron chi connectivity index (χ1n) is 5.24. The van der Waals surface area contributed by atoms with Crippen LogP contribution in [0.3, 0.4) is 0 Å². The van der Waals surface area contributed by atoms with E-state index in [2.05, 4.69) is 5.16 Å². The molecule has 0 aliphatic rings. The normalized spacial score (nSPS) is 11.8. The molecule has 2 rings (SSSR count). The molecule has 6 heteroatoms. The van der Waals surface area contributed by atoms with Gasteiger partial charge in [0, 0.05) is 4.70 Å². The lowest BCUT2D eigenvalue weighted by Crippen LogP contribution is -2.17. The van der Waals surface area contributed by atoms with E-state index in [1.165, 1.54) is 23.5 Å². The molecular weight excluding hydrogens is 257 g/mol. The summed E-state index contributed by atoms with van der Waals surface area (Å²) in [6, 6.07) is 5.96. The number of ether oxygens (including phenoxy) is 1. The van der Waals surface area contributed by atoms with Crippen molar-refractivity contribution in [2.45, 2.75) is 6.92 Å². The quantitative estimate of drug-likeness (QED) is 0.402. The Balaban J connectivity index is 2.43. The third kappa shape index (κ3) is 2.33. The van der Waals surface area contributed by atoms with E-state index in [0.717, 1.165) is 5.39 Å². The molecule has 2 aromatic rings. The van der Waals surface area contributed by atoms with E-state index in [1.807, 2.05) is 0 Å². The maximum Gasteiger partial charge on any atom is 0.361 e. The summed E-state index contributed by atoms with van der Waals surface area (Å²) in [5.74, 6) is -1.05. The van der Waals surface area contributed by atoms with Gasteiger partial charge in [0.05, 0.1) is 11.5 Å². The van der Waals surface area contributed by atoms with Crippen LogP contribution in [0.2, 0.25) is 0 Å². The number of hydrogen-bond acceptors (Lipinski definition) is 5. The molecule has 0 aliphatic carbocycles. The van der Waals surface area contributed by atoms with Crippen LogP contribution in [0.15, 0.2) is 29.4 Å². The summed E-state index contributed by atoms with van der Waals surface area (Å²) in [6.07, 6.45) is 0. The summed E-state index contributed by atoms with van der Waals surface area (Å²) in [5.41, 5.74) is -0.168. The number of hydrogen-bond donors (Lipinski definition) is 1. The van der Waals surface area contributed by atoms with E-state index in [4.69, 9.17) is 9.94 Å². The highest BCUT2D eigenvalue weighted by atomic mass is 32.1. The fourth-order valence-electron chi connectivity index (χ4n) is 1.51. The summed E-state index contributed by atoms with van der Waals surface area (Å²) < 4.78 is 18.5. The molecule has 0 bridgehead atoms. The summed E-state index contributed by atoms with van der Waals surface area (Å²) in [6.45, 7) is 1.85. The van der Waals surface area contributed by atoms with Crippen molar-refractivity contribution in [1.82, 2.24) is 0 Å². The van der Waals surface area contributed by atoms with Crippen LogP contribution in [0.1, 0.15) is 11.8 Å². The first kappa shape index (κ1) is 12.5. The minimum atomic E-state index is -0.702. The fourth-order valence-corrected chi connectivity index (χ4v) is 2.57. The molecule has 0 spiro atoms. The van der Waals surface area contributed by atoms with Crippen molar-refractivity contribution >= 4 is 33.1 Å². The predicted octanol–water partition coefficient (Wildman–Crippen LogP) is 2.78. The number of rotatable bonds is 3. The lowest BCUT2D eigenvalue weighted by Gasteiger charge is -2.00. The van der Waals surface area contributed by atoms with Gasteiger partial charge in [0.2, 0.25) is 5.71 Å². The van der Waals surface area contributed by atoms with Crippen molar-refractivity contribution in [2.24, 2.45) is 5.16 Å². The number of thiophene rings is 1.